The molecule has 1 aromatic carbocycles. The first kappa shape index (κ1) is 19.6. The van der Waals surface area contributed by atoms with Gasteiger partial charge < -0.3 is 10.1 Å². The van der Waals surface area contributed by atoms with Crippen molar-refractivity contribution in [2.75, 3.05) is 19.5 Å². The molecule has 0 saturated heterocycles. The molecule has 0 aliphatic rings. The number of carbonyl (C=O) groups is 1. The van der Waals surface area contributed by atoms with Crippen LogP contribution in [0.2, 0.25) is 5.02 Å². The number of hydrogen-bond acceptors (Lipinski definition) is 5. The van der Waals surface area contributed by atoms with Gasteiger partial charge in [-0.2, -0.15) is 0 Å². The number of carbonyl (C=O) groups excluding carboxylic acids is 1. The molecule has 0 bridgehead atoms. The predicted molar refractivity (Wildman–Crippen MR) is 98.1 cm³/mol. The minimum Gasteiger partial charge on any atom is -0.385 e. The fourth-order valence-corrected chi connectivity index (χ4v) is 3.14. The Kier molecular flexibility index (Phi) is 7.54. The molecule has 2 rings (SSSR count). The van der Waals surface area contributed by atoms with E-state index in [2.05, 4.69) is 15.5 Å². The lowest BCUT2D eigenvalue weighted by atomic mass is 10.1. The minimum absolute atomic E-state index is 0.131. The number of ether oxygens (including phenoxy) is 1. The Morgan fingerprint density at radius 1 is 1.44 bits per heavy atom. The van der Waals surface area contributed by atoms with Crippen molar-refractivity contribution in [3.05, 3.63) is 45.3 Å². The van der Waals surface area contributed by atoms with Gasteiger partial charge in [-0.05, 0) is 31.0 Å². The van der Waals surface area contributed by atoms with Crippen molar-refractivity contribution in [3.8, 4) is 0 Å². The fraction of sp³-hybridized carbons (Fsp3) is 0.438. The van der Waals surface area contributed by atoms with Crippen LogP contribution in [0.15, 0.2) is 34.2 Å². The standard InChI is InChI=1S/C16H21ClN4O3S/c1-11(12-4-6-13(17)7-5-12)18-14(22)10-25-16-20-19-15(23)21(16)8-3-9-24-2/h4-7,11H,3,8-10H2,1-2H3,(H,18,22)(H,19,23). The maximum atomic E-state index is 12.1. The van der Waals surface area contributed by atoms with Crippen molar-refractivity contribution in [2.45, 2.75) is 31.1 Å². The van der Waals surface area contributed by atoms with Crippen LogP contribution in [-0.4, -0.2) is 40.1 Å². The van der Waals surface area contributed by atoms with Crippen LogP contribution >= 0.6 is 23.4 Å². The third-order valence-electron chi connectivity index (χ3n) is 3.53. The predicted octanol–water partition coefficient (Wildman–Crippen LogP) is 2.23. The van der Waals surface area contributed by atoms with Crippen molar-refractivity contribution in [1.82, 2.24) is 20.1 Å². The zero-order chi connectivity index (χ0) is 18.2. The number of aromatic nitrogens is 3. The number of aromatic amines is 1. The smallest absolute Gasteiger partial charge is 0.343 e. The Bertz CT molecular complexity index is 745. The topological polar surface area (TPSA) is 89.0 Å². The molecule has 136 valence electrons. The number of nitrogens with one attached hydrogen (secondary N) is 2. The van der Waals surface area contributed by atoms with Crippen LogP contribution in [0.25, 0.3) is 0 Å². The van der Waals surface area contributed by atoms with E-state index in [0.717, 1.165) is 5.56 Å². The summed E-state index contributed by atoms with van der Waals surface area (Å²) in [5.41, 5.74) is 0.688. The molecule has 2 aromatic rings. The summed E-state index contributed by atoms with van der Waals surface area (Å²) in [5.74, 6) is 0.0401. The molecule has 25 heavy (non-hydrogen) atoms. The second-order valence-corrected chi connectivity index (χ2v) is 6.82. The van der Waals surface area contributed by atoms with E-state index in [1.54, 1.807) is 19.2 Å². The summed E-state index contributed by atoms with van der Waals surface area (Å²) in [5, 5.41) is 10.4. The van der Waals surface area contributed by atoms with E-state index in [9.17, 15) is 9.59 Å². The van der Waals surface area contributed by atoms with Crippen molar-refractivity contribution in [1.29, 1.82) is 0 Å². The van der Waals surface area contributed by atoms with Crippen LogP contribution in [-0.2, 0) is 16.1 Å². The third-order valence-corrected chi connectivity index (χ3v) is 4.76. The lowest BCUT2D eigenvalue weighted by Gasteiger charge is -2.14. The van der Waals surface area contributed by atoms with Crippen molar-refractivity contribution < 1.29 is 9.53 Å². The quantitative estimate of drug-likeness (QED) is 0.511. The summed E-state index contributed by atoms with van der Waals surface area (Å²) in [7, 11) is 1.61. The molecule has 0 aliphatic heterocycles. The fourth-order valence-electron chi connectivity index (χ4n) is 2.23. The molecule has 0 radical (unpaired) electrons. The Labute approximate surface area is 155 Å². The number of rotatable bonds is 9. The number of halogens is 1. The zero-order valence-electron chi connectivity index (χ0n) is 14.1. The van der Waals surface area contributed by atoms with Gasteiger partial charge in [-0.15, -0.1) is 5.10 Å². The molecule has 1 heterocycles. The van der Waals surface area contributed by atoms with E-state index in [4.69, 9.17) is 16.3 Å². The summed E-state index contributed by atoms with van der Waals surface area (Å²) < 4.78 is 6.50. The lowest BCUT2D eigenvalue weighted by molar-refractivity contribution is -0.119. The van der Waals surface area contributed by atoms with Gasteiger partial charge in [0.05, 0.1) is 11.8 Å². The summed E-state index contributed by atoms with van der Waals surface area (Å²) >= 11 is 7.09. The second-order valence-electron chi connectivity index (χ2n) is 5.44. The number of hydrogen-bond donors (Lipinski definition) is 2. The first-order valence-corrected chi connectivity index (χ1v) is 9.19. The SMILES string of the molecule is COCCCn1c(SCC(=O)NC(C)c2ccc(Cl)cc2)n[nH]c1=O. The Morgan fingerprint density at radius 3 is 2.84 bits per heavy atom. The van der Waals surface area contributed by atoms with Gasteiger partial charge in [-0.25, -0.2) is 9.89 Å². The van der Waals surface area contributed by atoms with Crippen LogP contribution < -0.4 is 11.0 Å². The summed E-state index contributed by atoms with van der Waals surface area (Å²) in [6, 6.07) is 7.20. The highest BCUT2D eigenvalue weighted by Gasteiger charge is 2.13. The largest absolute Gasteiger partial charge is 0.385 e. The Morgan fingerprint density at radius 2 is 2.16 bits per heavy atom. The second kappa shape index (κ2) is 9.65. The van der Waals surface area contributed by atoms with E-state index in [0.29, 0.717) is 29.8 Å². The highest BCUT2D eigenvalue weighted by Crippen LogP contribution is 2.17. The number of thioether (sulfide) groups is 1. The van der Waals surface area contributed by atoms with Crippen molar-refractivity contribution >= 4 is 29.3 Å². The molecule has 2 N–H and O–H groups in total. The highest BCUT2D eigenvalue weighted by molar-refractivity contribution is 7.99. The first-order chi connectivity index (χ1) is 12.0. The van der Waals surface area contributed by atoms with Crippen LogP contribution in [0, 0.1) is 0 Å². The monoisotopic (exact) mass is 384 g/mol. The molecule has 0 spiro atoms. The molecular formula is C16H21ClN4O3S. The number of benzene rings is 1. The van der Waals surface area contributed by atoms with Crippen LogP contribution in [0.4, 0.5) is 0 Å². The van der Waals surface area contributed by atoms with E-state index >= 15 is 0 Å². The van der Waals surface area contributed by atoms with Crippen molar-refractivity contribution in [2.24, 2.45) is 0 Å². The zero-order valence-corrected chi connectivity index (χ0v) is 15.7. The number of methoxy groups -OCH3 is 1. The average Bonchev–Trinajstić information content (AvgIpc) is 2.94. The summed E-state index contributed by atoms with van der Waals surface area (Å²) in [6.45, 7) is 2.95. The van der Waals surface area contributed by atoms with Gasteiger partial charge in [0.2, 0.25) is 5.91 Å². The van der Waals surface area contributed by atoms with Gasteiger partial charge in [0.1, 0.15) is 0 Å². The highest BCUT2D eigenvalue weighted by atomic mass is 35.5. The van der Waals surface area contributed by atoms with Gasteiger partial charge in [-0.3, -0.25) is 9.36 Å². The molecule has 0 aliphatic carbocycles. The molecule has 1 aromatic heterocycles. The van der Waals surface area contributed by atoms with Gasteiger partial charge in [-0.1, -0.05) is 35.5 Å². The maximum Gasteiger partial charge on any atom is 0.343 e. The molecule has 0 fully saturated rings. The molecule has 1 unspecified atom stereocenters. The van der Waals surface area contributed by atoms with E-state index in [1.165, 1.54) is 16.3 Å². The van der Waals surface area contributed by atoms with E-state index in [-0.39, 0.29) is 23.4 Å². The number of nitrogens with zero attached hydrogens (tertiary/aromatic N) is 2. The molecule has 1 atom stereocenters. The molecule has 9 heteroatoms. The van der Waals surface area contributed by atoms with Gasteiger partial charge in [0, 0.05) is 25.3 Å². The van der Waals surface area contributed by atoms with Crippen LogP contribution in [0.5, 0.6) is 0 Å². The average molecular weight is 385 g/mol. The molecule has 1 amide bonds. The first-order valence-electron chi connectivity index (χ1n) is 7.83. The Hall–Kier alpha value is -1.77. The van der Waals surface area contributed by atoms with Gasteiger partial charge in [0.25, 0.3) is 0 Å². The van der Waals surface area contributed by atoms with Crippen LogP contribution in [0.1, 0.15) is 24.9 Å². The van der Waals surface area contributed by atoms with Crippen LogP contribution in [0.3, 0.4) is 0 Å². The van der Waals surface area contributed by atoms with Crippen molar-refractivity contribution in [3.63, 3.8) is 0 Å². The molecule has 7 nitrogen and oxygen atoms in total. The van der Waals surface area contributed by atoms with E-state index < -0.39 is 0 Å². The number of H-pyrrole nitrogens is 1. The Balaban J connectivity index is 1.87. The maximum absolute atomic E-state index is 12.1. The minimum atomic E-state index is -0.284. The van der Waals surface area contributed by atoms with E-state index in [1.807, 2.05) is 19.1 Å². The third kappa shape index (κ3) is 5.91. The van der Waals surface area contributed by atoms with Gasteiger partial charge in [0.15, 0.2) is 5.16 Å². The lowest BCUT2D eigenvalue weighted by Crippen LogP contribution is -2.28. The summed E-state index contributed by atoms with van der Waals surface area (Å²) in [6.07, 6.45) is 0.698. The molecule has 0 saturated carbocycles. The molecular weight excluding hydrogens is 364 g/mol. The number of amides is 1. The normalized spacial score (nSPS) is 12.1. The van der Waals surface area contributed by atoms with Gasteiger partial charge >= 0.3 is 5.69 Å². The summed E-state index contributed by atoms with van der Waals surface area (Å²) in [4.78, 5) is 23.9.